The van der Waals surface area contributed by atoms with Crippen molar-refractivity contribution in [2.75, 3.05) is 58.4 Å². The smallest absolute Gasteiger partial charge is 0.0642 e. The van der Waals surface area contributed by atoms with Crippen molar-refractivity contribution in [1.82, 2.24) is 10.2 Å². The molecule has 0 bridgehead atoms. The normalized spacial score (nSPS) is 15.9. The Kier molecular flexibility index (Phi) is 6.29. The first-order chi connectivity index (χ1) is 9.70. The molecule has 1 aliphatic rings. The number of nitrogens with zero attached hydrogens (tertiary/aromatic N) is 2. The first-order valence-corrected chi connectivity index (χ1v) is 7.94. The topological polar surface area (TPSA) is 27.7 Å². The summed E-state index contributed by atoms with van der Waals surface area (Å²) in [6.45, 7) is 6.63. The minimum absolute atomic E-state index is 0.821. The van der Waals surface area contributed by atoms with Crippen molar-refractivity contribution in [3.8, 4) is 0 Å². The molecule has 1 aromatic rings. The summed E-state index contributed by atoms with van der Waals surface area (Å²) in [6, 6.07) is 6.59. The first kappa shape index (κ1) is 15.8. The van der Waals surface area contributed by atoms with Crippen LogP contribution in [0.4, 0.5) is 5.69 Å². The van der Waals surface area contributed by atoms with Gasteiger partial charge in [-0.1, -0.05) is 22.0 Å². The molecule has 0 aromatic heterocycles. The first-order valence-electron chi connectivity index (χ1n) is 7.15. The van der Waals surface area contributed by atoms with Crippen LogP contribution in [0.25, 0.3) is 0 Å². The van der Waals surface area contributed by atoms with Crippen molar-refractivity contribution in [2.24, 2.45) is 0 Å². The third kappa shape index (κ3) is 4.45. The summed E-state index contributed by atoms with van der Waals surface area (Å²) in [5, 5.41) is 3.20. The quantitative estimate of drug-likeness (QED) is 0.855. The number of ether oxygens (including phenoxy) is 1. The predicted molar refractivity (Wildman–Crippen MR) is 87.4 cm³/mol. The zero-order chi connectivity index (χ0) is 14.4. The highest BCUT2D eigenvalue weighted by atomic mass is 79.9. The van der Waals surface area contributed by atoms with Crippen LogP contribution in [0.1, 0.15) is 5.56 Å². The molecule has 1 heterocycles. The van der Waals surface area contributed by atoms with Crippen molar-refractivity contribution in [1.29, 1.82) is 0 Å². The van der Waals surface area contributed by atoms with E-state index in [-0.39, 0.29) is 0 Å². The number of nitrogens with one attached hydrogen (secondary N) is 1. The van der Waals surface area contributed by atoms with Crippen LogP contribution in [0.15, 0.2) is 22.7 Å². The molecule has 0 unspecified atom stereocenters. The van der Waals surface area contributed by atoms with E-state index in [1.807, 2.05) is 7.05 Å². The van der Waals surface area contributed by atoms with Crippen molar-refractivity contribution >= 4 is 21.6 Å². The molecule has 1 aromatic carbocycles. The van der Waals surface area contributed by atoms with Gasteiger partial charge in [-0.15, -0.1) is 0 Å². The van der Waals surface area contributed by atoms with Crippen molar-refractivity contribution < 1.29 is 4.74 Å². The van der Waals surface area contributed by atoms with Gasteiger partial charge >= 0.3 is 0 Å². The molecule has 0 aliphatic carbocycles. The number of rotatable bonds is 6. The fourth-order valence-corrected chi connectivity index (χ4v) is 2.79. The molecule has 4 nitrogen and oxygen atoms in total. The van der Waals surface area contributed by atoms with Gasteiger partial charge < -0.3 is 19.9 Å². The third-order valence-corrected chi connectivity index (χ3v) is 4.08. The van der Waals surface area contributed by atoms with Gasteiger partial charge in [0.1, 0.15) is 0 Å². The Hall–Kier alpha value is -0.620. The average molecular weight is 342 g/mol. The Morgan fingerprint density at radius 3 is 2.80 bits per heavy atom. The van der Waals surface area contributed by atoms with E-state index in [1.54, 1.807) is 0 Å². The Balaban J connectivity index is 2.10. The van der Waals surface area contributed by atoms with Crippen LogP contribution in [0.5, 0.6) is 0 Å². The zero-order valence-corrected chi connectivity index (χ0v) is 13.9. The van der Waals surface area contributed by atoms with Crippen LogP contribution >= 0.6 is 15.9 Å². The molecule has 112 valence electrons. The third-order valence-electron chi connectivity index (χ3n) is 3.58. The van der Waals surface area contributed by atoms with Crippen LogP contribution in [-0.2, 0) is 11.3 Å². The lowest BCUT2D eigenvalue weighted by Crippen LogP contribution is -2.37. The lowest BCUT2D eigenvalue weighted by atomic mass is 10.1. The molecular weight excluding hydrogens is 318 g/mol. The maximum Gasteiger partial charge on any atom is 0.0642 e. The second kappa shape index (κ2) is 7.98. The van der Waals surface area contributed by atoms with Crippen LogP contribution in [0.2, 0.25) is 0 Å². The standard InChI is InChI=1S/C15H24BrN3O/c1-17-5-6-18(2)12-13-3-4-14(16)11-15(13)19-7-9-20-10-8-19/h3-4,11,17H,5-10,12H2,1-2H3. The van der Waals surface area contributed by atoms with Crippen molar-refractivity contribution in [3.63, 3.8) is 0 Å². The van der Waals surface area contributed by atoms with Gasteiger partial charge in [-0.05, 0) is 31.8 Å². The highest BCUT2D eigenvalue weighted by Gasteiger charge is 2.16. The van der Waals surface area contributed by atoms with Gasteiger partial charge in [-0.3, -0.25) is 0 Å². The number of morpholine rings is 1. The summed E-state index contributed by atoms with van der Waals surface area (Å²) in [5.41, 5.74) is 2.72. The molecular formula is C15H24BrN3O. The number of hydrogen-bond acceptors (Lipinski definition) is 4. The number of anilines is 1. The molecule has 5 heteroatoms. The average Bonchev–Trinajstić information content (AvgIpc) is 2.48. The van der Waals surface area contributed by atoms with Gasteiger partial charge in [0.05, 0.1) is 13.2 Å². The number of halogens is 1. The lowest BCUT2D eigenvalue weighted by molar-refractivity contribution is 0.122. The summed E-state index contributed by atoms with van der Waals surface area (Å²) in [4.78, 5) is 4.78. The summed E-state index contributed by atoms with van der Waals surface area (Å²) in [5.74, 6) is 0. The second-order valence-electron chi connectivity index (χ2n) is 5.21. The van der Waals surface area contributed by atoms with E-state index in [4.69, 9.17) is 4.74 Å². The predicted octanol–water partition coefficient (Wildman–Crippen LogP) is 1.94. The maximum atomic E-state index is 5.45. The van der Waals surface area contributed by atoms with E-state index >= 15 is 0 Å². The summed E-state index contributed by atoms with van der Waals surface area (Å²) in [6.07, 6.45) is 0. The fourth-order valence-electron chi connectivity index (χ4n) is 2.44. The Morgan fingerprint density at radius 2 is 2.10 bits per heavy atom. The molecule has 1 aliphatic heterocycles. The van der Waals surface area contributed by atoms with E-state index in [0.717, 1.165) is 50.4 Å². The Bertz CT molecular complexity index is 422. The second-order valence-corrected chi connectivity index (χ2v) is 6.13. The van der Waals surface area contributed by atoms with Gasteiger partial charge in [-0.25, -0.2) is 0 Å². The molecule has 0 atom stereocenters. The van der Waals surface area contributed by atoms with E-state index in [9.17, 15) is 0 Å². The number of hydrogen-bond donors (Lipinski definition) is 1. The molecule has 1 saturated heterocycles. The van der Waals surface area contributed by atoms with Crippen molar-refractivity contribution in [3.05, 3.63) is 28.2 Å². The van der Waals surface area contributed by atoms with Gasteiger partial charge in [0.15, 0.2) is 0 Å². The number of benzene rings is 1. The molecule has 1 fully saturated rings. The van der Waals surface area contributed by atoms with Gasteiger partial charge in [0, 0.05) is 42.9 Å². The highest BCUT2D eigenvalue weighted by molar-refractivity contribution is 9.10. The van der Waals surface area contributed by atoms with E-state index < -0.39 is 0 Å². The molecule has 2 rings (SSSR count). The minimum atomic E-state index is 0.821. The molecule has 0 spiro atoms. The van der Waals surface area contributed by atoms with Gasteiger partial charge in [0.2, 0.25) is 0 Å². The van der Waals surface area contributed by atoms with E-state index in [0.29, 0.717) is 0 Å². The number of likely N-dealkylation sites (N-methyl/N-ethyl adjacent to an activating group) is 2. The lowest BCUT2D eigenvalue weighted by Gasteiger charge is -2.31. The molecule has 0 amide bonds. The van der Waals surface area contributed by atoms with Gasteiger partial charge in [-0.2, -0.15) is 0 Å². The van der Waals surface area contributed by atoms with Crippen molar-refractivity contribution in [2.45, 2.75) is 6.54 Å². The zero-order valence-electron chi connectivity index (χ0n) is 12.4. The van der Waals surface area contributed by atoms with Crippen LogP contribution in [-0.4, -0.2) is 58.4 Å². The summed E-state index contributed by atoms with van der Waals surface area (Å²) < 4.78 is 6.59. The van der Waals surface area contributed by atoms with Crippen LogP contribution in [0.3, 0.4) is 0 Å². The largest absolute Gasteiger partial charge is 0.378 e. The molecule has 0 saturated carbocycles. The fraction of sp³-hybridized carbons (Fsp3) is 0.600. The van der Waals surface area contributed by atoms with Crippen LogP contribution < -0.4 is 10.2 Å². The molecule has 0 radical (unpaired) electrons. The minimum Gasteiger partial charge on any atom is -0.378 e. The monoisotopic (exact) mass is 341 g/mol. The molecule has 20 heavy (non-hydrogen) atoms. The van der Waals surface area contributed by atoms with Gasteiger partial charge in [0.25, 0.3) is 0 Å². The van der Waals surface area contributed by atoms with Crippen LogP contribution in [0, 0.1) is 0 Å². The Labute approximate surface area is 130 Å². The molecule has 1 N–H and O–H groups in total. The SMILES string of the molecule is CNCCN(C)Cc1ccc(Br)cc1N1CCOCC1. The maximum absolute atomic E-state index is 5.45. The van der Waals surface area contributed by atoms with E-state index in [1.165, 1.54) is 11.3 Å². The Morgan fingerprint density at radius 1 is 1.35 bits per heavy atom. The highest BCUT2D eigenvalue weighted by Crippen LogP contribution is 2.27. The summed E-state index contributed by atoms with van der Waals surface area (Å²) >= 11 is 3.59. The summed E-state index contributed by atoms with van der Waals surface area (Å²) in [7, 11) is 4.16. The van der Waals surface area contributed by atoms with E-state index in [2.05, 4.69) is 56.3 Å².